The zero-order chi connectivity index (χ0) is 33.0. The van der Waals surface area contributed by atoms with Gasteiger partial charge in [-0.2, -0.15) is 0 Å². The smallest absolute Gasteiger partial charge is 0.342 e. The van der Waals surface area contributed by atoms with Gasteiger partial charge in [-0.3, -0.25) is 18.7 Å². The molecule has 0 bridgehead atoms. The summed E-state index contributed by atoms with van der Waals surface area (Å²) in [6, 6.07) is -2.14. The maximum atomic E-state index is 14.4. The highest BCUT2D eigenvalue weighted by Gasteiger charge is 2.54. The fourth-order valence-electron chi connectivity index (χ4n) is 4.75. The largest absolute Gasteiger partial charge is 0.465 e. The fraction of sp³-hybridized carbons (Fsp3) is 0.741. The first-order valence-corrected chi connectivity index (χ1v) is 17.4. The molecule has 1 aliphatic heterocycles. The molecule has 0 radical (unpaired) electrons. The number of aliphatic hydroxyl groups excluding tert-OH is 1. The Balaban J connectivity index is 1.93. The number of hydrogen-bond acceptors (Lipinski definition) is 13. The lowest BCUT2D eigenvalue weighted by molar-refractivity contribution is -0.146. The summed E-state index contributed by atoms with van der Waals surface area (Å²) in [7, 11) is -4.27. The van der Waals surface area contributed by atoms with Crippen molar-refractivity contribution in [1.82, 2.24) is 29.7 Å². The number of nitrogens with one attached hydrogen (secondary N) is 2. The van der Waals surface area contributed by atoms with Crippen LogP contribution in [-0.2, 0) is 32.9 Å². The Bertz CT molecular complexity index is 1320. The van der Waals surface area contributed by atoms with Crippen molar-refractivity contribution in [3.05, 3.63) is 12.2 Å². The lowest BCUT2D eigenvalue weighted by atomic mass is 9.96. The molecule has 3 rings (SSSR count). The number of hydrogen-bond donors (Lipinski definition) is 4. The number of aliphatic hydroxyl groups is 2. The first kappa shape index (κ1) is 36.3. The summed E-state index contributed by atoms with van der Waals surface area (Å²) in [4.78, 5) is 38.8. The lowest BCUT2D eigenvalue weighted by Gasteiger charge is -2.31. The number of carbonyl (C=O) groups excluding carboxylic acids is 2. The number of carbonyl (C=O) groups is 2. The van der Waals surface area contributed by atoms with Crippen molar-refractivity contribution >= 4 is 42.5 Å². The number of esters is 2. The van der Waals surface area contributed by atoms with Crippen molar-refractivity contribution in [2.24, 2.45) is 11.8 Å². The third-order valence-corrected chi connectivity index (χ3v) is 9.58. The van der Waals surface area contributed by atoms with E-state index in [1.165, 1.54) is 29.6 Å². The predicted octanol–water partition coefficient (Wildman–Crippen LogP) is 2.35. The van der Waals surface area contributed by atoms with Gasteiger partial charge in [0, 0.05) is 0 Å². The Labute approximate surface area is 261 Å². The van der Waals surface area contributed by atoms with E-state index in [4.69, 9.17) is 18.7 Å². The molecular formula is C27H45N6O9PS. The van der Waals surface area contributed by atoms with E-state index in [1.807, 2.05) is 6.26 Å². The summed E-state index contributed by atoms with van der Waals surface area (Å²) in [5.74, 6) is -1.57. The molecule has 0 amide bonds. The van der Waals surface area contributed by atoms with Crippen LogP contribution in [0.4, 0.5) is 0 Å². The molecule has 44 heavy (non-hydrogen) atoms. The Morgan fingerprint density at radius 3 is 2.14 bits per heavy atom. The first-order chi connectivity index (χ1) is 20.6. The number of imidazole rings is 1. The van der Waals surface area contributed by atoms with Crippen LogP contribution in [0.2, 0.25) is 0 Å². The average Bonchev–Trinajstić information content (AvgIpc) is 3.46. The zero-order valence-electron chi connectivity index (χ0n) is 26.6. The minimum absolute atomic E-state index is 0.101. The van der Waals surface area contributed by atoms with Crippen LogP contribution in [-0.4, -0.2) is 97.6 Å². The van der Waals surface area contributed by atoms with Gasteiger partial charge in [-0.15, -0.1) is 11.8 Å². The minimum atomic E-state index is -4.27. The molecule has 15 nitrogen and oxygen atoms in total. The van der Waals surface area contributed by atoms with Gasteiger partial charge in [-0.1, -0.05) is 27.7 Å². The predicted molar refractivity (Wildman–Crippen MR) is 163 cm³/mol. The molecule has 0 saturated carbocycles. The fourth-order valence-corrected chi connectivity index (χ4v) is 7.44. The van der Waals surface area contributed by atoms with E-state index in [9.17, 15) is 24.4 Å². The second-order valence-corrected chi connectivity index (χ2v) is 14.0. The van der Waals surface area contributed by atoms with Crippen molar-refractivity contribution in [2.45, 2.75) is 96.5 Å². The van der Waals surface area contributed by atoms with E-state index >= 15 is 0 Å². The number of aromatic nitrogens is 4. The van der Waals surface area contributed by atoms with Crippen molar-refractivity contribution in [3.8, 4) is 0 Å². The highest BCUT2D eigenvalue weighted by atomic mass is 32.2. The van der Waals surface area contributed by atoms with Gasteiger partial charge in [0.05, 0.1) is 26.1 Å². The third-order valence-electron chi connectivity index (χ3n) is 7.15. The van der Waals surface area contributed by atoms with E-state index in [2.05, 4.69) is 25.1 Å². The number of fused-ring (bicyclic) bond motifs is 1. The van der Waals surface area contributed by atoms with Gasteiger partial charge in [0.2, 0.25) is 0 Å². The zero-order valence-corrected chi connectivity index (χ0v) is 28.3. The van der Waals surface area contributed by atoms with Gasteiger partial charge in [0.25, 0.3) is 0 Å². The van der Waals surface area contributed by atoms with Gasteiger partial charge in [-0.05, 0) is 45.8 Å². The molecule has 1 fully saturated rings. The van der Waals surface area contributed by atoms with Gasteiger partial charge in [0.15, 0.2) is 11.9 Å². The van der Waals surface area contributed by atoms with Crippen LogP contribution in [0.1, 0.15) is 60.5 Å². The number of rotatable bonds is 15. The van der Waals surface area contributed by atoms with Crippen LogP contribution in [0.5, 0.6) is 0 Å². The molecular weight excluding hydrogens is 615 g/mol. The topological polar surface area (TPSA) is 196 Å². The van der Waals surface area contributed by atoms with Crippen molar-refractivity contribution in [2.75, 3.05) is 26.1 Å². The summed E-state index contributed by atoms with van der Waals surface area (Å²) in [5, 5.41) is 28.7. The molecule has 248 valence electrons. The standard InChI is InChI=1S/C27H45N6O9PS/c1-10-39-24(35)18(14(3)4)31-43(38,32-19(15(5)6)25(36)40-11-2)41-12-17-21(34)27(8,37)26(42-17)33-13-28-20-22(33)29-16(7)30-23(20)44-9/h13-15,17-19,21,26,34,37H,10-12H2,1-9H3,(H2,31,32,38)/t17-,18+,19+,21+,26-,27?/m1/s1. The Kier molecular flexibility index (Phi) is 12.3. The lowest BCUT2D eigenvalue weighted by Crippen LogP contribution is -2.49. The molecule has 0 spiro atoms. The van der Waals surface area contributed by atoms with Crippen LogP contribution in [0.3, 0.4) is 0 Å². The van der Waals surface area contributed by atoms with Gasteiger partial charge < -0.3 is 28.9 Å². The maximum absolute atomic E-state index is 14.4. The molecule has 17 heteroatoms. The molecule has 1 unspecified atom stereocenters. The van der Waals surface area contributed by atoms with Crippen LogP contribution >= 0.6 is 19.4 Å². The molecule has 6 atom stereocenters. The van der Waals surface area contributed by atoms with Gasteiger partial charge in [-0.25, -0.2) is 25.1 Å². The Morgan fingerprint density at radius 2 is 1.66 bits per heavy atom. The van der Waals surface area contributed by atoms with E-state index in [1.54, 1.807) is 48.5 Å². The van der Waals surface area contributed by atoms with E-state index in [0.29, 0.717) is 22.0 Å². The number of ether oxygens (including phenoxy) is 3. The Hall–Kier alpha value is -2.17. The second-order valence-electron chi connectivity index (χ2n) is 11.4. The molecule has 1 saturated heterocycles. The van der Waals surface area contributed by atoms with Crippen molar-refractivity contribution in [1.29, 1.82) is 0 Å². The van der Waals surface area contributed by atoms with E-state index in [0.717, 1.165) is 0 Å². The summed E-state index contributed by atoms with van der Waals surface area (Å²) in [5.41, 5.74) is -0.938. The monoisotopic (exact) mass is 660 g/mol. The van der Waals surface area contributed by atoms with Crippen LogP contribution in [0, 0.1) is 18.8 Å². The van der Waals surface area contributed by atoms with Crippen LogP contribution in [0.25, 0.3) is 11.2 Å². The highest BCUT2D eigenvalue weighted by Crippen LogP contribution is 2.45. The molecule has 0 aliphatic carbocycles. The molecule has 0 aromatic carbocycles. The summed E-state index contributed by atoms with van der Waals surface area (Å²) in [6.45, 7) is 13.1. The third kappa shape index (κ3) is 7.97. The maximum Gasteiger partial charge on any atom is 0.342 e. The van der Waals surface area contributed by atoms with Crippen LogP contribution in [0.15, 0.2) is 11.4 Å². The number of aryl methyl sites for hydroxylation is 1. The number of nitrogens with zero attached hydrogens (tertiary/aromatic N) is 4. The molecule has 4 N–H and O–H groups in total. The molecule has 1 aliphatic rings. The van der Waals surface area contributed by atoms with Gasteiger partial charge >= 0.3 is 19.6 Å². The quantitative estimate of drug-likeness (QED) is 0.0940. The van der Waals surface area contributed by atoms with E-state index in [-0.39, 0.29) is 25.0 Å². The summed E-state index contributed by atoms with van der Waals surface area (Å²) in [6.07, 6.45) is -0.532. The molecule has 2 aromatic heterocycles. The van der Waals surface area contributed by atoms with Crippen molar-refractivity contribution < 1.29 is 43.1 Å². The average molecular weight is 661 g/mol. The van der Waals surface area contributed by atoms with E-state index < -0.39 is 62.3 Å². The molecule has 2 aromatic rings. The second kappa shape index (κ2) is 14.9. The normalized spacial score (nSPS) is 23.8. The summed E-state index contributed by atoms with van der Waals surface area (Å²) >= 11 is 1.39. The first-order valence-electron chi connectivity index (χ1n) is 14.5. The van der Waals surface area contributed by atoms with Crippen LogP contribution < -0.4 is 10.2 Å². The molecule has 3 heterocycles. The minimum Gasteiger partial charge on any atom is -0.465 e. The Morgan fingerprint density at radius 1 is 1.11 bits per heavy atom. The van der Waals surface area contributed by atoms with Gasteiger partial charge in [0.1, 0.15) is 46.3 Å². The highest BCUT2D eigenvalue weighted by molar-refractivity contribution is 7.98. The van der Waals surface area contributed by atoms with Crippen molar-refractivity contribution in [3.63, 3.8) is 0 Å². The summed E-state index contributed by atoms with van der Waals surface area (Å²) < 4.78 is 38.2. The number of thioether (sulfide) groups is 1. The SMILES string of the molecule is CCOC(=O)[C@@H](NP(=O)(N[C@H](C(=O)OCC)C(C)C)OC[C@H]1O[C@@H](n2cnc3c(SC)nc(C)nc32)C(C)(O)[C@H]1O)C(C)C.